The molecule has 122 valence electrons. The number of amides is 1. The van der Waals surface area contributed by atoms with E-state index in [1.54, 1.807) is 11.8 Å². The number of hydrogen-bond donors (Lipinski definition) is 0. The second-order valence-electron chi connectivity index (χ2n) is 5.87. The van der Waals surface area contributed by atoms with Gasteiger partial charge >= 0.3 is 0 Å². The number of hydrogen-bond acceptors (Lipinski definition) is 3. The van der Waals surface area contributed by atoms with Crippen molar-refractivity contribution in [2.75, 3.05) is 18.8 Å². The quantitative estimate of drug-likeness (QED) is 0.845. The largest absolute Gasteiger partial charge is 0.339 e. The van der Waals surface area contributed by atoms with Crippen LogP contribution in [0.4, 0.5) is 0 Å². The SMILES string of the molecule is CCS(=O)(=O)c1ccc(Cl)c(C(=O)N2CCC[C@@H](C)CC2)c1. The van der Waals surface area contributed by atoms with Gasteiger partial charge in [-0.25, -0.2) is 8.42 Å². The molecular weight excluding hydrogens is 322 g/mol. The monoisotopic (exact) mass is 343 g/mol. The predicted molar refractivity (Wildman–Crippen MR) is 88.1 cm³/mol. The number of nitrogens with zero attached hydrogens (tertiary/aromatic N) is 1. The van der Waals surface area contributed by atoms with Crippen LogP contribution in [-0.4, -0.2) is 38.1 Å². The van der Waals surface area contributed by atoms with Crippen molar-refractivity contribution in [1.82, 2.24) is 4.90 Å². The van der Waals surface area contributed by atoms with Gasteiger partial charge in [0.05, 0.1) is 21.2 Å². The number of likely N-dealkylation sites (tertiary alicyclic amines) is 1. The molecule has 2 rings (SSSR count). The van der Waals surface area contributed by atoms with E-state index < -0.39 is 9.84 Å². The second-order valence-corrected chi connectivity index (χ2v) is 8.56. The van der Waals surface area contributed by atoms with Gasteiger partial charge in [-0.3, -0.25) is 4.79 Å². The minimum atomic E-state index is -3.35. The van der Waals surface area contributed by atoms with Crippen molar-refractivity contribution in [2.24, 2.45) is 5.92 Å². The normalized spacial score (nSPS) is 19.8. The molecule has 0 aliphatic carbocycles. The number of halogens is 1. The van der Waals surface area contributed by atoms with Crippen molar-refractivity contribution >= 4 is 27.3 Å². The summed E-state index contributed by atoms with van der Waals surface area (Å²) in [5.41, 5.74) is 0.283. The lowest BCUT2D eigenvalue weighted by Gasteiger charge is -2.21. The van der Waals surface area contributed by atoms with Gasteiger partial charge in [-0.15, -0.1) is 0 Å². The highest BCUT2D eigenvalue weighted by Crippen LogP contribution is 2.25. The molecule has 0 bridgehead atoms. The summed E-state index contributed by atoms with van der Waals surface area (Å²) in [7, 11) is -3.35. The van der Waals surface area contributed by atoms with Gasteiger partial charge in [-0.1, -0.05) is 25.4 Å². The van der Waals surface area contributed by atoms with Crippen LogP contribution in [0, 0.1) is 5.92 Å². The maximum Gasteiger partial charge on any atom is 0.255 e. The van der Waals surface area contributed by atoms with Gasteiger partial charge in [0.15, 0.2) is 9.84 Å². The van der Waals surface area contributed by atoms with Gasteiger partial charge in [-0.05, 0) is 43.4 Å². The fourth-order valence-electron chi connectivity index (χ4n) is 2.66. The van der Waals surface area contributed by atoms with Crippen molar-refractivity contribution in [1.29, 1.82) is 0 Å². The third-order valence-corrected chi connectivity index (χ3v) is 6.27. The molecule has 1 aliphatic heterocycles. The summed E-state index contributed by atoms with van der Waals surface area (Å²) < 4.78 is 24.0. The van der Waals surface area contributed by atoms with Crippen LogP contribution >= 0.6 is 11.6 Å². The Morgan fingerprint density at radius 2 is 2.05 bits per heavy atom. The van der Waals surface area contributed by atoms with Crippen LogP contribution in [0.25, 0.3) is 0 Å². The lowest BCUT2D eigenvalue weighted by molar-refractivity contribution is 0.0760. The van der Waals surface area contributed by atoms with Crippen LogP contribution in [0.5, 0.6) is 0 Å². The third-order valence-electron chi connectivity index (χ3n) is 4.21. The van der Waals surface area contributed by atoms with Crippen LogP contribution in [0.2, 0.25) is 5.02 Å². The zero-order chi connectivity index (χ0) is 16.3. The minimum absolute atomic E-state index is 0.00346. The topological polar surface area (TPSA) is 54.5 Å². The van der Waals surface area contributed by atoms with E-state index in [1.165, 1.54) is 18.2 Å². The van der Waals surface area contributed by atoms with E-state index in [2.05, 4.69) is 6.92 Å². The van der Waals surface area contributed by atoms with E-state index in [0.717, 1.165) is 19.3 Å². The zero-order valence-electron chi connectivity index (χ0n) is 13.0. The Morgan fingerprint density at radius 3 is 2.73 bits per heavy atom. The van der Waals surface area contributed by atoms with Gasteiger partial charge in [0, 0.05) is 13.1 Å². The van der Waals surface area contributed by atoms with Crippen molar-refractivity contribution in [3.05, 3.63) is 28.8 Å². The fourth-order valence-corrected chi connectivity index (χ4v) is 3.77. The van der Waals surface area contributed by atoms with Gasteiger partial charge in [-0.2, -0.15) is 0 Å². The highest BCUT2D eigenvalue weighted by Gasteiger charge is 2.23. The Bertz CT molecular complexity index is 657. The van der Waals surface area contributed by atoms with E-state index in [-0.39, 0.29) is 22.1 Å². The Morgan fingerprint density at radius 1 is 1.32 bits per heavy atom. The maximum absolute atomic E-state index is 12.7. The Kier molecular flexibility index (Phi) is 5.50. The van der Waals surface area contributed by atoms with Gasteiger partial charge in [0.2, 0.25) is 0 Å². The average Bonchev–Trinajstić information content (AvgIpc) is 2.71. The van der Waals surface area contributed by atoms with Crippen LogP contribution in [0.1, 0.15) is 43.5 Å². The van der Waals surface area contributed by atoms with Gasteiger partial charge in [0.25, 0.3) is 5.91 Å². The molecule has 1 aliphatic rings. The third kappa shape index (κ3) is 3.82. The van der Waals surface area contributed by atoms with E-state index in [4.69, 9.17) is 11.6 Å². The maximum atomic E-state index is 12.7. The molecule has 1 fully saturated rings. The molecule has 0 spiro atoms. The molecule has 0 radical (unpaired) electrons. The molecular formula is C16H22ClNO3S. The molecule has 1 aromatic rings. The lowest BCUT2D eigenvalue weighted by atomic mass is 10.0. The summed E-state index contributed by atoms with van der Waals surface area (Å²) in [5.74, 6) is 0.441. The summed E-state index contributed by atoms with van der Waals surface area (Å²) in [6, 6.07) is 4.37. The standard InChI is InChI=1S/C16H22ClNO3S/c1-3-22(20,21)13-6-7-15(17)14(11-13)16(19)18-9-4-5-12(2)8-10-18/h6-7,11-12H,3-5,8-10H2,1-2H3/t12-/m1/s1. The molecule has 1 amide bonds. The van der Waals surface area contributed by atoms with E-state index in [9.17, 15) is 13.2 Å². The molecule has 0 N–H and O–H groups in total. The molecule has 0 saturated carbocycles. The van der Waals surface area contributed by atoms with Crippen molar-refractivity contribution in [2.45, 2.75) is 38.0 Å². The number of rotatable bonds is 3. The van der Waals surface area contributed by atoms with Crippen LogP contribution < -0.4 is 0 Å². The van der Waals surface area contributed by atoms with Crippen LogP contribution in [0.15, 0.2) is 23.1 Å². The van der Waals surface area contributed by atoms with Gasteiger partial charge in [0.1, 0.15) is 0 Å². The Labute approximate surface area is 137 Å². The minimum Gasteiger partial charge on any atom is -0.339 e. The van der Waals surface area contributed by atoms with Gasteiger partial charge < -0.3 is 4.90 Å². The molecule has 1 saturated heterocycles. The first-order valence-corrected chi connectivity index (χ1v) is 9.69. The second kappa shape index (κ2) is 7.01. The molecule has 4 nitrogen and oxygen atoms in total. The number of carbonyl (C=O) groups excluding carboxylic acids is 1. The Balaban J connectivity index is 2.31. The molecule has 22 heavy (non-hydrogen) atoms. The highest BCUT2D eigenvalue weighted by atomic mass is 35.5. The summed E-state index contributed by atoms with van der Waals surface area (Å²) in [6.45, 7) is 5.17. The fraction of sp³-hybridized carbons (Fsp3) is 0.562. The summed E-state index contributed by atoms with van der Waals surface area (Å²) in [4.78, 5) is 14.6. The summed E-state index contributed by atoms with van der Waals surface area (Å²) >= 11 is 6.13. The van der Waals surface area contributed by atoms with Crippen molar-refractivity contribution < 1.29 is 13.2 Å². The first-order valence-electron chi connectivity index (χ1n) is 7.66. The van der Waals surface area contributed by atoms with E-state index >= 15 is 0 Å². The Hall–Kier alpha value is -1.07. The molecule has 1 heterocycles. The van der Waals surface area contributed by atoms with E-state index in [1.807, 2.05) is 0 Å². The van der Waals surface area contributed by atoms with E-state index in [0.29, 0.717) is 24.0 Å². The number of carbonyl (C=O) groups is 1. The smallest absolute Gasteiger partial charge is 0.255 e. The molecule has 0 unspecified atom stereocenters. The molecule has 1 atom stereocenters. The molecule has 6 heteroatoms. The highest BCUT2D eigenvalue weighted by molar-refractivity contribution is 7.91. The summed E-state index contributed by atoms with van der Waals surface area (Å²) in [5, 5.41) is 0.303. The lowest BCUT2D eigenvalue weighted by Crippen LogP contribution is -2.32. The zero-order valence-corrected chi connectivity index (χ0v) is 14.6. The molecule has 1 aromatic carbocycles. The molecule has 0 aromatic heterocycles. The number of sulfone groups is 1. The van der Waals surface area contributed by atoms with Crippen LogP contribution in [-0.2, 0) is 9.84 Å². The van der Waals surface area contributed by atoms with Crippen molar-refractivity contribution in [3.63, 3.8) is 0 Å². The first-order chi connectivity index (χ1) is 10.3. The average molecular weight is 344 g/mol. The van der Waals surface area contributed by atoms with Crippen molar-refractivity contribution in [3.8, 4) is 0 Å². The summed E-state index contributed by atoms with van der Waals surface area (Å²) in [6.07, 6.45) is 3.05. The number of benzene rings is 1. The van der Waals surface area contributed by atoms with Crippen LogP contribution in [0.3, 0.4) is 0 Å². The predicted octanol–water partition coefficient (Wildman–Crippen LogP) is 3.40. The first kappa shape index (κ1) is 17.3.